The maximum Gasteiger partial charge on any atom is 0.288 e. The molecule has 4 rings (SSSR count). The number of hydrogen-bond acceptors (Lipinski definition) is 3. The maximum atomic E-state index is 11.7. The third-order valence-corrected chi connectivity index (χ3v) is 4.88. The fourth-order valence-corrected chi connectivity index (χ4v) is 3.55. The van der Waals surface area contributed by atoms with E-state index in [0.29, 0.717) is 17.9 Å². The minimum Gasteiger partial charge on any atom is -0.388 e. The quantitative estimate of drug-likeness (QED) is 0.764. The lowest BCUT2D eigenvalue weighted by atomic mass is 9.98. The molecule has 1 aliphatic rings. The van der Waals surface area contributed by atoms with Crippen LogP contribution in [0.15, 0.2) is 66.7 Å². The monoisotopic (exact) mass is 346 g/mol. The number of nitriles is 1. The van der Waals surface area contributed by atoms with Gasteiger partial charge in [0.25, 0.3) is 11.3 Å². The number of fused-ring (bicyclic) bond motifs is 1. The molecule has 0 aliphatic carbocycles. The van der Waals surface area contributed by atoms with E-state index in [4.69, 9.17) is 9.44 Å². The van der Waals surface area contributed by atoms with Crippen molar-refractivity contribution >= 4 is 11.3 Å². The first kappa shape index (κ1) is 15.6. The number of nitrogens with one attached hydrogen (secondary N) is 1. The van der Waals surface area contributed by atoms with Gasteiger partial charge < -0.3 is 4.18 Å². The first-order valence-corrected chi connectivity index (χ1v) is 8.88. The molecule has 0 radical (unpaired) electrons. The number of para-hydroxylation sites is 1. The lowest BCUT2D eigenvalue weighted by molar-refractivity contribution is 0.525. The van der Waals surface area contributed by atoms with Gasteiger partial charge in [0.2, 0.25) is 0 Å². The summed E-state index contributed by atoms with van der Waals surface area (Å²) in [5.74, 6) is 0.672. The van der Waals surface area contributed by atoms with E-state index in [1.165, 1.54) is 0 Å². The summed E-state index contributed by atoms with van der Waals surface area (Å²) in [5.41, 5.74) is 5.71. The summed E-state index contributed by atoms with van der Waals surface area (Å²) in [5, 5.41) is 8.89. The maximum absolute atomic E-state index is 11.7. The molecule has 1 unspecified atom stereocenters. The van der Waals surface area contributed by atoms with Crippen molar-refractivity contribution in [2.45, 2.75) is 6.54 Å². The van der Waals surface area contributed by atoms with Crippen molar-refractivity contribution < 1.29 is 8.39 Å². The van der Waals surface area contributed by atoms with E-state index in [0.717, 1.165) is 27.8 Å². The molecule has 0 saturated carbocycles. The van der Waals surface area contributed by atoms with Gasteiger partial charge in [0.15, 0.2) is 5.75 Å². The van der Waals surface area contributed by atoms with E-state index in [1.54, 1.807) is 0 Å². The van der Waals surface area contributed by atoms with Crippen LogP contribution in [0.5, 0.6) is 5.75 Å². The van der Waals surface area contributed by atoms with Gasteiger partial charge in [-0.15, -0.1) is 0 Å². The second-order valence-electron chi connectivity index (χ2n) is 5.70. The van der Waals surface area contributed by atoms with Crippen molar-refractivity contribution in [2.24, 2.45) is 0 Å². The molecule has 3 aromatic rings. The van der Waals surface area contributed by atoms with Crippen LogP contribution in [0.3, 0.4) is 0 Å². The number of hydrogen-bond donors (Lipinski definition) is 1. The van der Waals surface area contributed by atoms with Crippen LogP contribution >= 0.6 is 0 Å². The first-order chi connectivity index (χ1) is 12.2. The highest BCUT2D eigenvalue weighted by atomic mass is 32.2. The van der Waals surface area contributed by atoms with Crippen molar-refractivity contribution in [2.75, 3.05) is 0 Å². The molecule has 0 spiro atoms. The van der Waals surface area contributed by atoms with Crippen molar-refractivity contribution in [1.29, 1.82) is 5.26 Å². The Morgan fingerprint density at radius 2 is 1.56 bits per heavy atom. The van der Waals surface area contributed by atoms with Crippen LogP contribution < -0.4 is 8.91 Å². The summed E-state index contributed by atoms with van der Waals surface area (Å²) in [6.07, 6.45) is 0. The molecule has 0 amide bonds. The summed E-state index contributed by atoms with van der Waals surface area (Å²) in [6, 6.07) is 23.7. The predicted octanol–water partition coefficient (Wildman–Crippen LogP) is 3.95. The van der Waals surface area contributed by atoms with Crippen LogP contribution in [0.25, 0.3) is 22.3 Å². The molecule has 1 N–H and O–H groups in total. The van der Waals surface area contributed by atoms with Gasteiger partial charge in [0, 0.05) is 17.7 Å². The van der Waals surface area contributed by atoms with Crippen LogP contribution in [0.1, 0.15) is 11.1 Å². The highest BCUT2D eigenvalue weighted by molar-refractivity contribution is 7.78. The largest absolute Gasteiger partial charge is 0.388 e. The molecular weight excluding hydrogens is 332 g/mol. The van der Waals surface area contributed by atoms with Crippen molar-refractivity contribution in [3.63, 3.8) is 0 Å². The highest BCUT2D eigenvalue weighted by Crippen LogP contribution is 2.36. The first-order valence-electron chi connectivity index (χ1n) is 7.81. The third kappa shape index (κ3) is 3.05. The lowest BCUT2D eigenvalue weighted by Crippen LogP contribution is -2.26. The minimum atomic E-state index is -1.50. The Kier molecular flexibility index (Phi) is 4.06. The molecule has 3 aromatic carbocycles. The summed E-state index contributed by atoms with van der Waals surface area (Å²) in [4.78, 5) is 0. The average molecular weight is 346 g/mol. The molecule has 4 nitrogen and oxygen atoms in total. The van der Waals surface area contributed by atoms with E-state index in [2.05, 4.69) is 10.8 Å². The number of rotatable bonds is 2. The SMILES string of the molecule is N#Cc1ccc(-c2ccc(-c3cccc4c3OS(=O)NC4)cc2)cc1. The Labute approximate surface area is 148 Å². The van der Waals surface area contributed by atoms with Gasteiger partial charge in [-0.05, 0) is 28.8 Å². The van der Waals surface area contributed by atoms with Crippen molar-refractivity contribution in [3.05, 3.63) is 77.9 Å². The third-order valence-electron chi connectivity index (χ3n) is 4.18. The topological polar surface area (TPSA) is 62.1 Å². The molecule has 0 bridgehead atoms. The normalized spacial score (nSPS) is 15.7. The predicted molar refractivity (Wildman–Crippen MR) is 97.6 cm³/mol. The minimum absolute atomic E-state index is 0.527. The molecule has 0 saturated heterocycles. The zero-order chi connectivity index (χ0) is 17.2. The van der Waals surface area contributed by atoms with Gasteiger partial charge in [0.05, 0.1) is 11.6 Å². The van der Waals surface area contributed by atoms with Gasteiger partial charge >= 0.3 is 0 Å². The zero-order valence-electron chi connectivity index (χ0n) is 13.2. The molecule has 0 aromatic heterocycles. The summed E-state index contributed by atoms with van der Waals surface area (Å²) >= 11 is -1.50. The smallest absolute Gasteiger partial charge is 0.288 e. The van der Waals surface area contributed by atoms with E-state index >= 15 is 0 Å². The van der Waals surface area contributed by atoms with Gasteiger partial charge in [-0.1, -0.05) is 54.6 Å². The van der Waals surface area contributed by atoms with Crippen LogP contribution in [0, 0.1) is 11.3 Å². The Morgan fingerprint density at radius 1 is 0.920 bits per heavy atom. The highest BCUT2D eigenvalue weighted by Gasteiger charge is 2.19. The summed E-state index contributed by atoms with van der Waals surface area (Å²) in [7, 11) is 0. The standard InChI is InChI=1S/C20H14N2O2S/c21-12-14-4-6-15(7-5-14)16-8-10-17(11-9-16)19-3-1-2-18-13-22-25(23)24-20(18)19/h1-11,22H,13H2. The average Bonchev–Trinajstić information content (AvgIpc) is 2.68. The summed E-state index contributed by atoms with van der Waals surface area (Å²) in [6.45, 7) is 0.527. The fourth-order valence-electron chi connectivity index (χ4n) is 2.87. The van der Waals surface area contributed by atoms with E-state index in [1.807, 2.05) is 66.7 Å². The Hall–Kier alpha value is -2.94. The van der Waals surface area contributed by atoms with E-state index in [-0.39, 0.29) is 0 Å². The van der Waals surface area contributed by atoms with E-state index in [9.17, 15) is 4.21 Å². The summed E-state index contributed by atoms with van der Waals surface area (Å²) < 4.78 is 19.9. The second-order valence-corrected chi connectivity index (χ2v) is 6.62. The molecule has 122 valence electrons. The molecule has 5 heteroatoms. The van der Waals surface area contributed by atoms with Crippen LogP contribution in [-0.2, 0) is 17.8 Å². The molecule has 25 heavy (non-hydrogen) atoms. The van der Waals surface area contributed by atoms with Gasteiger partial charge in [-0.2, -0.15) is 14.2 Å². The fraction of sp³-hybridized carbons (Fsp3) is 0.0500. The van der Waals surface area contributed by atoms with E-state index < -0.39 is 11.3 Å². The number of benzene rings is 3. The van der Waals surface area contributed by atoms with Crippen molar-refractivity contribution in [1.82, 2.24) is 4.72 Å². The van der Waals surface area contributed by atoms with Crippen LogP contribution in [-0.4, -0.2) is 4.21 Å². The van der Waals surface area contributed by atoms with Crippen LogP contribution in [0.2, 0.25) is 0 Å². The lowest BCUT2D eigenvalue weighted by Gasteiger charge is -2.19. The Bertz CT molecular complexity index is 990. The van der Waals surface area contributed by atoms with Crippen molar-refractivity contribution in [3.8, 4) is 34.1 Å². The van der Waals surface area contributed by atoms with Gasteiger partial charge in [-0.25, -0.2) is 0 Å². The molecule has 0 fully saturated rings. The molecule has 1 heterocycles. The Morgan fingerprint density at radius 3 is 2.24 bits per heavy atom. The molecular formula is C20H14N2O2S. The zero-order valence-corrected chi connectivity index (χ0v) is 14.0. The van der Waals surface area contributed by atoms with Gasteiger partial charge in [-0.3, -0.25) is 0 Å². The molecule has 1 aliphatic heterocycles. The Balaban J connectivity index is 1.69. The second kappa shape index (κ2) is 6.52. The molecule has 1 atom stereocenters. The van der Waals surface area contributed by atoms with Gasteiger partial charge in [0.1, 0.15) is 0 Å². The number of nitrogens with zero attached hydrogens (tertiary/aromatic N) is 1. The van der Waals surface area contributed by atoms with Crippen LogP contribution in [0.4, 0.5) is 0 Å².